The number of piperazine rings is 1. The summed E-state index contributed by atoms with van der Waals surface area (Å²) in [5.41, 5.74) is 0.856. The van der Waals surface area contributed by atoms with E-state index in [1.54, 1.807) is 0 Å². The first-order chi connectivity index (χ1) is 7.79. The summed E-state index contributed by atoms with van der Waals surface area (Å²) in [4.78, 5) is 4.54. The molecule has 0 atom stereocenters. The number of alkyl halides is 2. The molecule has 17 heavy (non-hydrogen) atoms. The van der Waals surface area contributed by atoms with Crippen LogP contribution in [0.25, 0.3) is 0 Å². The lowest BCUT2D eigenvalue weighted by Crippen LogP contribution is -2.48. The van der Waals surface area contributed by atoms with Gasteiger partial charge < -0.3 is 4.90 Å². The van der Waals surface area contributed by atoms with E-state index in [0.29, 0.717) is 12.5 Å². The van der Waals surface area contributed by atoms with Gasteiger partial charge >= 0.3 is 0 Å². The smallest absolute Gasteiger partial charge is 0.245 e. The van der Waals surface area contributed by atoms with Crippen molar-refractivity contribution in [3.8, 4) is 0 Å². The fourth-order valence-corrected chi connectivity index (χ4v) is 2.08. The zero-order valence-corrected chi connectivity index (χ0v) is 11.2. The summed E-state index contributed by atoms with van der Waals surface area (Å²) in [6.07, 6.45) is 0.293. The topological polar surface area (TPSA) is 6.48 Å². The molecule has 0 amide bonds. The predicted molar refractivity (Wildman–Crippen MR) is 67.3 cm³/mol. The molecular formula is C13H24F2N2. The first-order valence-corrected chi connectivity index (χ1v) is 6.34. The molecule has 0 saturated carbocycles. The highest BCUT2D eigenvalue weighted by atomic mass is 19.3. The Balaban J connectivity index is 2.31. The van der Waals surface area contributed by atoms with Gasteiger partial charge in [0.2, 0.25) is 5.92 Å². The molecule has 100 valence electrons. The van der Waals surface area contributed by atoms with E-state index < -0.39 is 5.92 Å². The molecule has 1 rings (SSSR count). The maximum absolute atomic E-state index is 12.7. The third-order valence-corrected chi connectivity index (χ3v) is 3.34. The fourth-order valence-electron chi connectivity index (χ4n) is 2.08. The molecule has 0 spiro atoms. The molecule has 2 nitrogen and oxygen atoms in total. The van der Waals surface area contributed by atoms with Crippen LogP contribution >= 0.6 is 0 Å². The van der Waals surface area contributed by atoms with Crippen LogP contribution in [0.2, 0.25) is 0 Å². The van der Waals surface area contributed by atoms with Crippen molar-refractivity contribution < 1.29 is 8.78 Å². The molecule has 1 fully saturated rings. The Morgan fingerprint density at radius 1 is 1.24 bits per heavy atom. The van der Waals surface area contributed by atoms with Gasteiger partial charge in [-0.25, -0.2) is 8.78 Å². The van der Waals surface area contributed by atoms with Crippen LogP contribution in [-0.4, -0.2) is 47.9 Å². The van der Waals surface area contributed by atoms with E-state index in [4.69, 9.17) is 0 Å². The molecule has 0 N–H and O–H groups in total. The van der Waals surface area contributed by atoms with E-state index in [-0.39, 0.29) is 6.42 Å². The third kappa shape index (κ3) is 5.02. The maximum atomic E-state index is 12.7. The van der Waals surface area contributed by atoms with Gasteiger partial charge in [0, 0.05) is 44.3 Å². The monoisotopic (exact) mass is 246 g/mol. The highest BCUT2D eigenvalue weighted by molar-refractivity contribution is 4.97. The van der Waals surface area contributed by atoms with Crippen LogP contribution in [0, 0.1) is 0 Å². The lowest BCUT2D eigenvalue weighted by atomic mass is 10.1. The van der Waals surface area contributed by atoms with E-state index in [1.165, 1.54) is 0 Å². The number of halogens is 2. The molecule has 0 aromatic heterocycles. The van der Waals surface area contributed by atoms with Crippen molar-refractivity contribution in [2.75, 3.05) is 26.2 Å². The number of rotatable bonds is 5. The largest absolute Gasteiger partial charge is 0.373 e. The van der Waals surface area contributed by atoms with Gasteiger partial charge in [-0.3, -0.25) is 4.90 Å². The second-order valence-electron chi connectivity index (χ2n) is 5.25. The molecular weight excluding hydrogens is 222 g/mol. The predicted octanol–water partition coefficient (Wildman–Crippen LogP) is 2.96. The van der Waals surface area contributed by atoms with Crippen molar-refractivity contribution in [2.24, 2.45) is 0 Å². The third-order valence-electron chi connectivity index (χ3n) is 3.34. The summed E-state index contributed by atoms with van der Waals surface area (Å²) in [5, 5.41) is 0. The molecule has 1 aliphatic heterocycles. The summed E-state index contributed by atoms with van der Waals surface area (Å²) >= 11 is 0. The normalized spacial score (nSPS) is 18.8. The highest BCUT2D eigenvalue weighted by Crippen LogP contribution is 2.23. The van der Waals surface area contributed by atoms with Crippen LogP contribution in [0.15, 0.2) is 12.3 Å². The van der Waals surface area contributed by atoms with Gasteiger partial charge in [0.25, 0.3) is 0 Å². The van der Waals surface area contributed by atoms with E-state index >= 15 is 0 Å². The van der Waals surface area contributed by atoms with Crippen molar-refractivity contribution in [3.05, 3.63) is 12.3 Å². The second-order valence-corrected chi connectivity index (χ2v) is 5.25. The molecule has 0 bridgehead atoms. The van der Waals surface area contributed by atoms with Crippen LogP contribution in [0.4, 0.5) is 8.78 Å². The lowest BCUT2D eigenvalue weighted by molar-refractivity contribution is 0.0108. The Labute approximate surface area is 103 Å². The summed E-state index contributed by atoms with van der Waals surface area (Å²) < 4.78 is 25.5. The van der Waals surface area contributed by atoms with Gasteiger partial charge in [-0.15, -0.1) is 0 Å². The van der Waals surface area contributed by atoms with Crippen LogP contribution in [0.5, 0.6) is 0 Å². The van der Waals surface area contributed by atoms with Crippen molar-refractivity contribution >= 4 is 0 Å². The molecule has 0 aromatic carbocycles. The van der Waals surface area contributed by atoms with Gasteiger partial charge in [-0.05, 0) is 27.2 Å². The Hall–Kier alpha value is -0.640. The van der Waals surface area contributed by atoms with Crippen LogP contribution in [0.1, 0.15) is 33.6 Å². The summed E-state index contributed by atoms with van der Waals surface area (Å²) in [5.74, 6) is -2.58. The molecule has 0 unspecified atom stereocenters. The average Bonchev–Trinajstić information content (AvgIpc) is 2.25. The molecule has 1 saturated heterocycles. The van der Waals surface area contributed by atoms with E-state index in [9.17, 15) is 8.78 Å². The van der Waals surface area contributed by atoms with Gasteiger partial charge in [-0.1, -0.05) is 6.58 Å². The lowest BCUT2D eigenvalue weighted by Gasteiger charge is -2.39. The summed E-state index contributed by atoms with van der Waals surface area (Å²) in [7, 11) is 0. The maximum Gasteiger partial charge on any atom is 0.245 e. The fraction of sp³-hybridized carbons (Fsp3) is 0.846. The van der Waals surface area contributed by atoms with Gasteiger partial charge in [0.1, 0.15) is 0 Å². The van der Waals surface area contributed by atoms with Crippen molar-refractivity contribution in [1.29, 1.82) is 0 Å². The zero-order valence-electron chi connectivity index (χ0n) is 11.2. The minimum atomic E-state index is -2.58. The van der Waals surface area contributed by atoms with Crippen molar-refractivity contribution in [2.45, 2.75) is 45.6 Å². The first kappa shape index (κ1) is 14.4. The number of hydrogen-bond acceptors (Lipinski definition) is 2. The zero-order chi connectivity index (χ0) is 13.1. The highest BCUT2D eigenvalue weighted by Gasteiger charge is 2.24. The Morgan fingerprint density at radius 3 is 2.18 bits per heavy atom. The summed E-state index contributed by atoms with van der Waals surface area (Å²) in [6.45, 7) is 13.1. The van der Waals surface area contributed by atoms with E-state index in [1.807, 2.05) is 0 Å². The minimum absolute atomic E-state index is 0.101. The molecule has 0 aliphatic carbocycles. The minimum Gasteiger partial charge on any atom is -0.373 e. The molecule has 0 aromatic rings. The first-order valence-electron chi connectivity index (χ1n) is 6.34. The Morgan fingerprint density at radius 2 is 1.76 bits per heavy atom. The molecule has 1 aliphatic rings. The molecule has 1 heterocycles. The van der Waals surface area contributed by atoms with E-state index in [2.05, 4.69) is 30.2 Å². The number of allylic oxidation sites excluding steroid dienone is 1. The van der Waals surface area contributed by atoms with E-state index in [0.717, 1.165) is 38.8 Å². The molecule has 0 radical (unpaired) electrons. The van der Waals surface area contributed by atoms with Crippen LogP contribution in [0.3, 0.4) is 0 Å². The number of nitrogens with zero attached hydrogens (tertiary/aromatic N) is 2. The summed E-state index contributed by atoms with van der Waals surface area (Å²) in [6, 6.07) is 0.561. The van der Waals surface area contributed by atoms with Gasteiger partial charge in [0.05, 0.1) is 0 Å². The van der Waals surface area contributed by atoms with Crippen molar-refractivity contribution in [3.63, 3.8) is 0 Å². The van der Waals surface area contributed by atoms with Gasteiger partial charge in [0.15, 0.2) is 0 Å². The SMILES string of the molecule is C=C(CCC(C)(F)F)N1CCN(C(C)C)CC1. The molecule has 4 heteroatoms. The average molecular weight is 246 g/mol. The van der Waals surface area contributed by atoms with Crippen LogP contribution in [-0.2, 0) is 0 Å². The number of hydrogen-bond donors (Lipinski definition) is 0. The quantitative estimate of drug-likeness (QED) is 0.736. The Bertz CT molecular complexity index is 251. The Kier molecular flexibility index (Phi) is 4.92. The van der Waals surface area contributed by atoms with Gasteiger partial charge in [-0.2, -0.15) is 0 Å². The second kappa shape index (κ2) is 5.80. The van der Waals surface area contributed by atoms with Crippen molar-refractivity contribution in [1.82, 2.24) is 9.80 Å². The van der Waals surface area contributed by atoms with Crippen LogP contribution < -0.4 is 0 Å². The standard InChI is InChI=1S/C13H24F2N2/c1-11(2)16-7-9-17(10-8-16)12(3)5-6-13(4,14)15/h11H,3,5-10H2,1-2,4H3.